The lowest BCUT2D eigenvalue weighted by molar-refractivity contribution is -0.132. The van der Waals surface area contributed by atoms with E-state index < -0.39 is 12.1 Å². The Hall–Kier alpha value is -2.12. The number of likely N-dealkylation sites (N-methyl/N-ethyl adjacent to an activating group) is 1. The molecule has 0 aliphatic heterocycles. The number of aromatic nitrogens is 3. The van der Waals surface area contributed by atoms with Gasteiger partial charge in [0.2, 0.25) is 5.91 Å². The van der Waals surface area contributed by atoms with E-state index in [9.17, 15) is 9.59 Å². The number of carbonyl (C=O) groups excluding carboxylic acids is 2. The van der Waals surface area contributed by atoms with Gasteiger partial charge in [0, 0.05) is 7.05 Å². The largest absolute Gasteiger partial charge is 0.352 e. The second-order valence-electron chi connectivity index (χ2n) is 3.76. The fourth-order valence-electron chi connectivity index (χ4n) is 1.36. The lowest BCUT2D eigenvalue weighted by Crippen LogP contribution is -2.47. The van der Waals surface area contributed by atoms with Crippen LogP contribution < -0.4 is 11.1 Å². The summed E-state index contributed by atoms with van der Waals surface area (Å²) in [5.41, 5.74) is 4.94. The number of rotatable bonds is 4. The molecule has 17 heavy (non-hydrogen) atoms. The summed E-state index contributed by atoms with van der Waals surface area (Å²) in [6.07, 6.45) is 0. The molecule has 0 aliphatic carbocycles. The van der Waals surface area contributed by atoms with Gasteiger partial charge in [-0.25, -0.2) is 9.78 Å². The van der Waals surface area contributed by atoms with Gasteiger partial charge in [0.1, 0.15) is 11.9 Å². The summed E-state index contributed by atoms with van der Waals surface area (Å²) in [5.74, 6) is 0.944. The third-order valence-electron chi connectivity index (χ3n) is 2.13. The molecule has 1 unspecified atom stereocenters. The van der Waals surface area contributed by atoms with Crippen molar-refractivity contribution in [2.45, 2.75) is 26.4 Å². The van der Waals surface area contributed by atoms with Crippen LogP contribution in [0.4, 0.5) is 4.79 Å². The number of carbonyl (C=O) groups is 2. The van der Waals surface area contributed by atoms with E-state index in [1.54, 1.807) is 20.9 Å². The van der Waals surface area contributed by atoms with E-state index in [1.807, 2.05) is 0 Å². The van der Waals surface area contributed by atoms with E-state index in [0.717, 1.165) is 0 Å². The number of hydrogen-bond acceptors (Lipinski definition) is 4. The molecular formula is C9H16N6O2. The summed E-state index contributed by atoms with van der Waals surface area (Å²) in [4.78, 5) is 27.9. The zero-order chi connectivity index (χ0) is 13.0. The van der Waals surface area contributed by atoms with E-state index in [1.165, 1.54) is 4.90 Å². The zero-order valence-electron chi connectivity index (χ0n) is 10.0. The second kappa shape index (κ2) is 5.28. The third-order valence-corrected chi connectivity index (χ3v) is 2.13. The highest BCUT2D eigenvalue weighted by Crippen LogP contribution is 1.99. The topological polar surface area (TPSA) is 117 Å². The van der Waals surface area contributed by atoms with Crippen LogP contribution >= 0.6 is 0 Å². The zero-order valence-corrected chi connectivity index (χ0v) is 10.0. The molecular weight excluding hydrogens is 224 g/mol. The van der Waals surface area contributed by atoms with Crippen molar-refractivity contribution >= 4 is 11.9 Å². The molecule has 3 amide bonds. The number of hydrogen-bond donors (Lipinski definition) is 3. The number of nitrogens with one attached hydrogen (secondary N) is 2. The monoisotopic (exact) mass is 240 g/mol. The quantitative estimate of drug-likeness (QED) is 0.634. The molecule has 0 saturated heterocycles. The van der Waals surface area contributed by atoms with Crippen molar-refractivity contribution in [2.75, 3.05) is 7.05 Å². The van der Waals surface area contributed by atoms with Gasteiger partial charge in [0.25, 0.3) is 0 Å². The van der Waals surface area contributed by atoms with Gasteiger partial charge in [-0.15, -0.1) is 0 Å². The molecule has 94 valence electrons. The minimum atomic E-state index is -0.729. The minimum absolute atomic E-state index is 0.258. The van der Waals surface area contributed by atoms with Gasteiger partial charge in [0.15, 0.2) is 5.82 Å². The van der Waals surface area contributed by atoms with E-state index in [0.29, 0.717) is 11.6 Å². The number of primary amides is 1. The number of H-pyrrole nitrogens is 1. The molecule has 4 N–H and O–H groups in total. The van der Waals surface area contributed by atoms with E-state index in [2.05, 4.69) is 20.5 Å². The van der Waals surface area contributed by atoms with Crippen molar-refractivity contribution in [1.82, 2.24) is 25.4 Å². The second-order valence-corrected chi connectivity index (χ2v) is 3.76. The molecule has 0 saturated carbocycles. The van der Waals surface area contributed by atoms with Crippen LogP contribution in [0, 0.1) is 6.92 Å². The Balaban J connectivity index is 2.55. The highest BCUT2D eigenvalue weighted by molar-refractivity contribution is 5.85. The molecule has 0 bridgehead atoms. The Labute approximate surface area is 98.6 Å². The fraction of sp³-hybridized carbons (Fsp3) is 0.556. The first-order valence-electron chi connectivity index (χ1n) is 5.09. The maximum Gasteiger partial charge on any atom is 0.312 e. The average molecular weight is 240 g/mol. The summed E-state index contributed by atoms with van der Waals surface area (Å²) in [6, 6.07) is -1.40. The fourth-order valence-corrected chi connectivity index (χ4v) is 1.36. The van der Waals surface area contributed by atoms with Crippen molar-refractivity contribution in [3.8, 4) is 0 Å². The first-order chi connectivity index (χ1) is 7.90. The molecule has 1 heterocycles. The van der Waals surface area contributed by atoms with Crippen molar-refractivity contribution in [2.24, 2.45) is 5.73 Å². The maximum atomic E-state index is 11.8. The van der Waals surface area contributed by atoms with Crippen molar-refractivity contribution < 1.29 is 9.59 Å². The Morgan fingerprint density at radius 1 is 1.59 bits per heavy atom. The molecule has 1 aromatic heterocycles. The number of aryl methyl sites for hydroxylation is 1. The molecule has 8 heteroatoms. The summed E-state index contributed by atoms with van der Waals surface area (Å²) < 4.78 is 0. The molecule has 1 rings (SSSR count). The number of nitrogens with two attached hydrogens (primary N) is 1. The molecule has 0 spiro atoms. The predicted octanol–water partition coefficient (Wildman–Crippen LogP) is -0.872. The molecule has 1 aromatic rings. The highest BCUT2D eigenvalue weighted by atomic mass is 16.2. The van der Waals surface area contributed by atoms with Gasteiger partial charge in [0.05, 0.1) is 6.54 Å². The van der Waals surface area contributed by atoms with Gasteiger partial charge in [-0.05, 0) is 13.8 Å². The Kier molecular flexibility index (Phi) is 4.02. The van der Waals surface area contributed by atoms with E-state index in [-0.39, 0.29) is 12.5 Å². The molecule has 0 radical (unpaired) electrons. The normalized spacial score (nSPS) is 11.9. The highest BCUT2D eigenvalue weighted by Gasteiger charge is 2.19. The Morgan fingerprint density at radius 3 is 2.71 bits per heavy atom. The Bertz CT molecular complexity index is 415. The van der Waals surface area contributed by atoms with Gasteiger partial charge in [-0.2, -0.15) is 5.10 Å². The molecule has 0 aliphatic rings. The summed E-state index contributed by atoms with van der Waals surface area (Å²) >= 11 is 0. The molecule has 0 fully saturated rings. The smallest absolute Gasteiger partial charge is 0.312 e. The first-order valence-corrected chi connectivity index (χ1v) is 5.09. The molecule has 1 atom stereocenters. The van der Waals surface area contributed by atoms with Crippen molar-refractivity contribution in [3.63, 3.8) is 0 Å². The number of amides is 3. The number of aromatic amines is 1. The van der Waals surface area contributed by atoms with E-state index >= 15 is 0 Å². The van der Waals surface area contributed by atoms with Crippen LogP contribution in [0.15, 0.2) is 0 Å². The lowest BCUT2D eigenvalue weighted by Gasteiger charge is -2.20. The summed E-state index contributed by atoms with van der Waals surface area (Å²) in [7, 11) is 1.60. The third kappa shape index (κ3) is 3.74. The van der Waals surface area contributed by atoms with Crippen LogP contribution in [0.25, 0.3) is 0 Å². The van der Waals surface area contributed by atoms with Crippen LogP contribution in [-0.2, 0) is 11.3 Å². The van der Waals surface area contributed by atoms with Crippen LogP contribution in [0.5, 0.6) is 0 Å². The van der Waals surface area contributed by atoms with Crippen LogP contribution in [-0.4, -0.2) is 45.1 Å². The maximum absolute atomic E-state index is 11.8. The average Bonchev–Trinajstić information content (AvgIpc) is 2.61. The first kappa shape index (κ1) is 12.9. The standard InChI is InChI=1S/C9H16N6O2/c1-5(11-9(10)17)8(16)15(3)4-7-12-6(2)13-14-7/h5H,4H2,1-3H3,(H3,10,11,17)(H,12,13,14). The number of urea groups is 1. The van der Waals surface area contributed by atoms with Crippen LogP contribution in [0.2, 0.25) is 0 Å². The van der Waals surface area contributed by atoms with Gasteiger partial charge in [-0.3, -0.25) is 9.89 Å². The minimum Gasteiger partial charge on any atom is -0.352 e. The van der Waals surface area contributed by atoms with E-state index in [4.69, 9.17) is 5.73 Å². The lowest BCUT2D eigenvalue weighted by atomic mass is 10.3. The van der Waals surface area contributed by atoms with Crippen LogP contribution in [0.3, 0.4) is 0 Å². The van der Waals surface area contributed by atoms with Crippen molar-refractivity contribution in [3.05, 3.63) is 11.6 Å². The van der Waals surface area contributed by atoms with Gasteiger partial charge >= 0.3 is 6.03 Å². The summed E-state index contributed by atoms with van der Waals surface area (Å²) in [6.45, 7) is 3.61. The van der Waals surface area contributed by atoms with Gasteiger partial charge in [-0.1, -0.05) is 0 Å². The molecule has 0 aromatic carbocycles. The Morgan fingerprint density at radius 2 is 2.24 bits per heavy atom. The number of nitrogens with zero attached hydrogens (tertiary/aromatic N) is 3. The SMILES string of the molecule is Cc1nc(CN(C)C(=O)C(C)NC(N)=O)n[nH]1. The van der Waals surface area contributed by atoms with Gasteiger partial charge < -0.3 is 16.0 Å². The molecule has 8 nitrogen and oxygen atoms in total. The summed E-state index contributed by atoms with van der Waals surface area (Å²) in [5, 5.41) is 8.92. The van der Waals surface area contributed by atoms with Crippen molar-refractivity contribution in [1.29, 1.82) is 0 Å². The van der Waals surface area contributed by atoms with Crippen LogP contribution in [0.1, 0.15) is 18.6 Å². The predicted molar refractivity (Wildman–Crippen MR) is 59.8 cm³/mol.